The van der Waals surface area contributed by atoms with Gasteiger partial charge in [-0.15, -0.1) is 0 Å². The van der Waals surface area contributed by atoms with Crippen LogP contribution >= 0.6 is 11.6 Å². The quantitative estimate of drug-likeness (QED) is 0.751. The molecule has 1 atom stereocenters. The predicted molar refractivity (Wildman–Crippen MR) is 102 cm³/mol. The van der Waals surface area contributed by atoms with Crippen molar-refractivity contribution in [1.82, 2.24) is 5.32 Å². The molecule has 0 saturated heterocycles. The lowest BCUT2D eigenvalue weighted by atomic mass is 10.1. The van der Waals surface area contributed by atoms with Crippen LogP contribution in [-0.4, -0.2) is 26.6 Å². The molecular formula is C18H18ClF3N2O3S. The van der Waals surface area contributed by atoms with Gasteiger partial charge in [-0.1, -0.05) is 23.7 Å². The Balaban J connectivity index is 2.17. The van der Waals surface area contributed by atoms with Crippen molar-refractivity contribution >= 4 is 33.2 Å². The zero-order valence-electron chi connectivity index (χ0n) is 15.0. The van der Waals surface area contributed by atoms with Gasteiger partial charge in [0.25, 0.3) is 0 Å². The number of amides is 1. The van der Waals surface area contributed by atoms with Crippen LogP contribution in [0.5, 0.6) is 0 Å². The first-order chi connectivity index (χ1) is 12.9. The fourth-order valence-corrected chi connectivity index (χ4v) is 3.89. The highest BCUT2D eigenvalue weighted by atomic mass is 35.5. The molecular weight excluding hydrogens is 417 g/mol. The van der Waals surface area contributed by atoms with E-state index in [0.717, 1.165) is 22.7 Å². The first-order valence-corrected chi connectivity index (χ1v) is 10.3. The van der Waals surface area contributed by atoms with Crippen molar-refractivity contribution in [2.75, 3.05) is 10.6 Å². The largest absolute Gasteiger partial charge is 0.416 e. The summed E-state index contributed by atoms with van der Waals surface area (Å²) >= 11 is 5.81. The van der Waals surface area contributed by atoms with Crippen LogP contribution in [0.15, 0.2) is 48.5 Å². The summed E-state index contributed by atoms with van der Waals surface area (Å²) < 4.78 is 63.6. The minimum absolute atomic E-state index is 0.175. The van der Waals surface area contributed by atoms with Crippen molar-refractivity contribution in [2.45, 2.75) is 25.7 Å². The van der Waals surface area contributed by atoms with Gasteiger partial charge in [0.05, 0.1) is 17.5 Å². The lowest BCUT2D eigenvalue weighted by molar-refractivity contribution is -0.137. The van der Waals surface area contributed by atoms with Crippen LogP contribution in [0.3, 0.4) is 0 Å². The lowest BCUT2D eigenvalue weighted by Crippen LogP contribution is -2.47. The molecule has 1 N–H and O–H groups in total. The van der Waals surface area contributed by atoms with E-state index in [1.54, 1.807) is 0 Å². The predicted octanol–water partition coefficient (Wildman–Crippen LogP) is 3.83. The number of nitrogens with zero attached hydrogens (tertiary/aromatic N) is 1. The summed E-state index contributed by atoms with van der Waals surface area (Å²) in [7, 11) is -3.80. The Morgan fingerprint density at radius 3 is 2.32 bits per heavy atom. The van der Waals surface area contributed by atoms with Gasteiger partial charge in [-0.25, -0.2) is 8.42 Å². The summed E-state index contributed by atoms with van der Waals surface area (Å²) in [5, 5.41) is 2.87. The van der Waals surface area contributed by atoms with Gasteiger partial charge < -0.3 is 5.32 Å². The first-order valence-electron chi connectivity index (χ1n) is 8.08. The van der Waals surface area contributed by atoms with Crippen LogP contribution in [0.2, 0.25) is 5.02 Å². The van der Waals surface area contributed by atoms with Crippen LogP contribution < -0.4 is 9.62 Å². The van der Waals surface area contributed by atoms with E-state index in [-0.39, 0.29) is 17.8 Å². The van der Waals surface area contributed by atoms with E-state index in [1.807, 2.05) is 0 Å². The van der Waals surface area contributed by atoms with Gasteiger partial charge >= 0.3 is 6.18 Å². The molecule has 28 heavy (non-hydrogen) atoms. The molecule has 1 amide bonds. The Bertz CT molecular complexity index is 947. The van der Waals surface area contributed by atoms with Crippen LogP contribution in [-0.2, 0) is 27.5 Å². The maximum Gasteiger partial charge on any atom is 0.416 e. The third-order valence-corrected chi connectivity index (χ3v) is 5.38. The van der Waals surface area contributed by atoms with E-state index >= 15 is 0 Å². The van der Waals surface area contributed by atoms with Gasteiger partial charge in [0.2, 0.25) is 15.9 Å². The zero-order valence-corrected chi connectivity index (χ0v) is 16.6. The van der Waals surface area contributed by atoms with E-state index in [2.05, 4.69) is 5.32 Å². The van der Waals surface area contributed by atoms with Gasteiger partial charge in [0, 0.05) is 11.6 Å². The van der Waals surface area contributed by atoms with Crippen LogP contribution in [0.4, 0.5) is 18.9 Å². The van der Waals surface area contributed by atoms with Crippen molar-refractivity contribution in [1.29, 1.82) is 0 Å². The molecule has 2 aromatic carbocycles. The second kappa shape index (κ2) is 8.40. The summed E-state index contributed by atoms with van der Waals surface area (Å²) in [5.41, 5.74) is -0.340. The number of halogens is 4. The monoisotopic (exact) mass is 434 g/mol. The molecule has 0 spiro atoms. The maximum atomic E-state index is 12.8. The molecule has 0 fully saturated rings. The number of hydrogen-bond acceptors (Lipinski definition) is 3. The van der Waals surface area contributed by atoms with Crippen molar-refractivity contribution < 1.29 is 26.4 Å². The maximum absolute atomic E-state index is 12.8. The standard InChI is InChI=1S/C18H18ClF3N2O3S/c1-12(24(28(2,26)27)16-8-6-15(19)7-9-16)17(25)23-11-13-4-3-5-14(10-13)18(20,21)22/h3-10,12H,11H2,1-2H3,(H,23,25)/t12-/m1/s1. The highest BCUT2D eigenvalue weighted by Crippen LogP contribution is 2.29. The molecule has 10 heteroatoms. The number of carbonyl (C=O) groups is 1. The molecule has 0 aliphatic heterocycles. The Morgan fingerprint density at radius 1 is 1.18 bits per heavy atom. The zero-order chi connectivity index (χ0) is 21.1. The minimum atomic E-state index is -4.49. The third-order valence-electron chi connectivity index (χ3n) is 3.89. The fourth-order valence-electron chi connectivity index (χ4n) is 2.59. The first kappa shape index (κ1) is 22.0. The van der Waals surface area contributed by atoms with Crippen molar-refractivity contribution in [2.24, 2.45) is 0 Å². The van der Waals surface area contributed by atoms with Crippen LogP contribution in [0.25, 0.3) is 0 Å². The van der Waals surface area contributed by atoms with E-state index in [1.165, 1.54) is 43.3 Å². The second-order valence-electron chi connectivity index (χ2n) is 6.13. The molecule has 0 aromatic heterocycles. The number of anilines is 1. The van der Waals surface area contributed by atoms with E-state index in [9.17, 15) is 26.4 Å². The number of nitrogens with one attached hydrogen (secondary N) is 1. The average molecular weight is 435 g/mol. The van der Waals surface area contributed by atoms with Crippen molar-refractivity contribution in [3.63, 3.8) is 0 Å². The van der Waals surface area contributed by atoms with Gasteiger partial charge in [-0.2, -0.15) is 13.2 Å². The van der Waals surface area contributed by atoms with Gasteiger partial charge in [0.1, 0.15) is 6.04 Å². The molecule has 0 aliphatic rings. The summed E-state index contributed by atoms with van der Waals surface area (Å²) in [6.07, 6.45) is -3.53. The number of rotatable bonds is 6. The average Bonchev–Trinajstić information content (AvgIpc) is 2.60. The van der Waals surface area contributed by atoms with Gasteiger partial charge in [-0.05, 0) is 48.9 Å². The summed E-state index contributed by atoms with van der Waals surface area (Å²) in [6, 6.07) is 9.31. The molecule has 0 bridgehead atoms. The number of carbonyl (C=O) groups excluding carboxylic acids is 1. The number of benzene rings is 2. The van der Waals surface area contributed by atoms with E-state index in [0.29, 0.717) is 5.02 Å². The fraction of sp³-hybridized carbons (Fsp3) is 0.278. The number of sulfonamides is 1. The molecule has 5 nitrogen and oxygen atoms in total. The molecule has 0 heterocycles. The van der Waals surface area contributed by atoms with E-state index < -0.39 is 33.7 Å². The molecule has 0 radical (unpaired) electrons. The Hall–Kier alpha value is -2.26. The summed E-state index contributed by atoms with van der Waals surface area (Å²) in [5.74, 6) is -0.655. The molecule has 0 saturated carbocycles. The Morgan fingerprint density at radius 2 is 1.79 bits per heavy atom. The topological polar surface area (TPSA) is 66.5 Å². The van der Waals surface area contributed by atoms with E-state index in [4.69, 9.17) is 11.6 Å². The van der Waals surface area contributed by atoms with Crippen molar-refractivity contribution in [3.05, 3.63) is 64.7 Å². The Labute approximate surface area is 166 Å². The summed E-state index contributed by atoms with van der Waals surface area (Å²) in [4.78, 5) is 12.5. The number of hydrogen-bond donors (Lipinski definition) is 1. The molecule has 152 valence electrons. The van der Waals surface area contributed by atoms with Crippen molar-refractivity contribution in [3.8, 4) is 0 Å². The molecule has 0 aliphatic carbocycles. The lowest BCUT2D eigenvalue weighted by Gasteiger charge is -2.28. The highest BCUT2D eigenvalue weighted by Gasteiger charge is 2.31. The van der Waals surface area contributed by atoms with Crippen LogP contribution in [0, 0.1) is 0 Å². The van der Waals surface area contributed by atoms with Crippen LogP contribution in [0.1, 0.15) is 18.1 Å². The SMILES string of the molecule is C[C@H](C(=O)NCc1cccc(C(F)(F)F)c1)N(c1ccc(Cl)cc1)S(C)(=O)=O. The smallest absolute Gasteiger partial charge is 0.350 e. The van der Waals surface area contributed by atoms with Gasteiger partial charge in [0.15, 0.2) is 0 Å². The van der Waals surface area contributed by atoms with Gasteiger partial charge in [-0.3, -0.25) is 9.10 Å². The second-order valence-corrected chi connectivity index (χ2v) is 8.42. The third kappa shape index (κ3) is 5.62. The minimum Gasteiger partial charge on any atom is -0.350 e. The summed E-state index contributed by atoms with van der Waals surface area (Å²) in [6.45, 7) is 1.21. The number of alkyl halides is 3. The molecule has 0 unspecified atom stereocenters. The Kier molecular flexibility index (Phi) is 6.61. The molecule has 2 rings (SSSR count). The normalized spacial score (nSPS) is 13.1. The molecule has 2 aromatic rings. The highest BCUT2D eigenvalue weighted by molar-refractivity contribution is 7.92.